The van der Waals surface area contributed by atoms with Gasteiger partial charge in [-0.2, -0.15) is 0 Å². The van der Waals surface area contributed by atoms with Gasteiger partial charge in [0.15, 0.2) is 17.4 Å². The molecule has 5 rings (SSSR count). The first-order chi connectivity index (χ1) is 19.3. The fraction of sp³-hybridized carbons (Fsp3) is 0.250. The molecule has 0 aliphatic heterocycles. The quantitative estimate of drug-likeness (QED) is 0.229. The lowest BCUT2D eigenvalue weighted by atomic mass is 9.96. The summed E-state index contributed by atoms with van der Waals surface area (Å²) in [5, 5.41) is 4.60. The Morgan fingerprint density at radius 1 is 0.976 bits per heavy atom. The van der Waals surface area contributed by atoms with Crippen molar-refractivity contribution in [2.75, 3.05) is 5.73 Å². The number of Topliss-reactive ketones (excluding diaryl/α,β-unsaturated/α-hetero) is 1. The zero-order chi connectivity index (χ0) is 28.2. The summed E-state index contributed by atoms with van der Waals surface area (Å²) in [5.74, 6) is -1.25. The van der Waals surface area contributed by atoms with Gasteiger partial charge in [-0.25, -0.2) is 18.7 Å². The first kappa shape index (κ1) is 29.3. The number of carbonyl (C=O) groups excluding carboxylic acids is 2. The summed E-state index contributed by atoms with van der Waals surface area (Å²) in [4.78, 5) is 35.0. The van der Waals surface area contributed by atoms with Crippen LogP contribution in [0, 0.1) is 18.6 Å². The third kappa shape index (κ3) is 6.74. The molecule has 5 aromatic rings. The lowest BCUT2D eigenvalue weighted by molar-refractivity contribution is -0.128. The van der Waals surface area contributed by atoms with Crippen LogP contribution < -0.4 is 11.1 Å². The lowest BCUT2D eigenvalue weighted by Gasteiger charge is -2.19. The average Bonchev–Trinajstić information content (AvgIpc) is 3.27. The van der Waals surface area contributed by atoms with E-state index in [1.807, 2.05) is 60.0 Å². The van der Waals surface area contributed by atoms with Crippen molar-refractivity contribution in [3.63, 3.8) is 0 Å². The monoisotopic (exact) mass is 557 g/mol. The van der Waals surface area contributed by atoms with Gasteiger partial charge in [0.2, 0.25) is 5.91 Å². The molecule has 3 aromatic carbocycles. The predicted molar refractivity (Wildman–Crippen MR) is 157 cm³/mol. The summed E-state index contributed by atoms with van der Waals surface area (Å²) < 4.78 is 29.4. The van der Waals surface area contributed by atoms with Crippen LogP contribution in [0.5, 0.6) is 0 Å². The number of benzene rings is 3. The second-order valence-corrected chi connectivity index (χ2v) is 9.84. The Bertz CT molecular complexity index is 1720. The first-order valence-corrected chi connectivity index (χ1v) is 13.1. The molecule has 9 heteroatoms. The van der Waals surface area contributed by atoms with Gasteiger partial charge in [-0.05, 0) is 66.6 Å². The Morgan fingerprint density at radius 3 is 2.56 bits per heavy atom. The number of nitrogens with one attached hydrogen (secondary N) is 1. The number of rotatable bonds is 10. The molecule has 0 unspecified atom stereocenters. The largest absolute Gasteiger partial charge is 0.383 e. The van der Waals surface area contributed by atoms with E-state index in [0.29, 0.717) is 24.3 Å². The number of ketones is 1. The van der Waals surface area contributed by atoms with Crippen LogP contribution >= 0.6 is 0 Å². The predicted octanol–water partition coefficient (Wildman–Crippen LogP) is 5.71. The number of nitrogens with two attached hydrogens (primary N) is 1. The summed E-state index contributed by atoms with van der Waals surface area (Å²) in [7, 11) is 0. The Morgan fingerprint density at radius 2 is 1.76 bits per heavy atom. The highest BCUT2D eigenvalue weighted by Gasteiger charge is 2.22. The minimum atomic E-state index is -0.998. The molecule has 212 valence electrons. The number of anilines is 1. The van der Waals surface area contributed by atoms with Crippen molar-refractivity contribution < 1.29 is 18.4 Å². The zero-order valence-electron chi connectivity index (χ0n) is 22.0. The molecular formula is C32H33F2N5O2. The molecular weight excluding hydrogens is 524 g/mol. The van der Waals surface area contributed by atoms with Crippen LogP contribution in [-0.2, 0) is 29.0 Å². The van der Waals surface area contributed by atoms with Crippen LogP contribution in [0.2, 0.25) is 0 Å². The number of halogens is 2. The molecule has 2 aromatic heterocycles. The molecule has 7 nitrogen and oxygen atoms in total. The fourth-order valence-electron chi connectivity index (χ4n) is 4.95. The number of imidazole rings is 1. The van der Waals surface area contributed by atoms with E-state index in [-0.39, 0.29) is 38.4 Å². The number of amides is 1. The Labute approximate surface area is 237 Å². The van der Waals surface area contributed by atoms with Crippen molar-refractivity contribution in [1.29, 1.82) is 0 Å². The number of hydrogen-bond acceptors (Lipinski definition) is 5. The third-order valence-electron chi connectivity index (χ3n) is 7.08. The highest BCUT2D eigenvalue weighted by atomic mass is 19.2. The number of pyridine rings is 1. The van der Waals surface area contributed by atoms with Crippen molar-refractivity contribution in [2.45, 2.75) is 52.6 Å². The second kappa shape index (κ2) is 12.7. The van der Waals surface area contributed by atoms with Crippen molar-refractivity contribution >= 4 is 39.3 Å². The Hall–Kier alpha value is -4.66. The normalized spacial score (nSPS) is 11.8. The Kier molecular flexibility index (Phi) is 9.07. The van der Waals surface area contributed by atoms with Gasteiger partial charge in [0.1, 0.15) is 11.6 Å². The molecule has 1 amide bonds. The number of aryl methyl sites for hydroxylation is 3. The molecule has 0 radical (unpaired) electrons. The number of nitrogens with zero attached hydrogens (tertiary/aromatic N) is 3. The zero-order valence-corrected chi connectivity index (χ0v) is 22.0. The number of hydrogen-bond donors (Lipinski definition) is 2. The molecule has 0 aliphatic rings. The SMILES string of the molecule is C.Cc1nc2ccccc2n1CCC(=O)N[C@@H](Cc1ccc(F)c(F)c1)C(=O)CCc1ccc2c(N)nccc2c1. The molecule has 0 bridgehead atoms. The average molecular weight is 558 g/mol. The maximum atomic E-state index is 13.9. The summed E-state index contributed by atoms with van der Waals surface area (Å²) in [5.41, 5.74) is 9.07. The minimum absolute atomic E-state index is 0. The van der Waals surface area contributed by atoms with Gasteiger partial charge in [0.25, 0.3) is 0 Å². The molecule has 3 N–H and O–H groups in total. The molecule has 0 aliphatic carbocycles. The van der Waals surface area contributed by atoms with Crippen LogP contribution in [0.15, 0.2) is 72.9 Å². The van der Waals surface area contributed by atoms with Crippen LogP contribution in [0.4, 0.5) is 14.6 Å². The van der Waals surface area contributed by atoms with Gasteiger partial charge in [0.05, 0.1) is 17.1 Å². The van der Waals surface area contributed by atoms with E-state index < -0.39 is 17.7 Å². The van der Waals surface area contributed by atoms with Crippen LogP contribution in [0.25, 0.3) is 21.8 Å². The van der Waals surface area contributed by atoms with Gasteiger partial charge in [0, 0.05) is 31.0 Å². The van der Waals surface area contributed by atoms with Crippen LogP contribution in [-0.4, -0.2) is 32.3 Å². The standard InChI is InChI=1S/C31H29F2N5O2.CH4/c1-19-36-26-4-2-3-5-28(26)38(19)15-13-30(40)37-27(18-21-7-10-24(32)25(33)17-21)29(39)11-8-20-6-9-23-22(16-20)12-14-35-31(23)34;/h2-7,9-10,12,14,16-17,27H,8,11,13,15,18H2,1H3,(H2,34,35)(H,37,40);1H4/t27-;/m0./s1. The van der Waals surface area contributed by atoms with Crippen molar-refractivity contribution in [2.24, 2.45) is 0 Å². The maximum absolute atomic E-state index is 13.9. The van der Waals surface area contributed by atoms with Gasteiger partial charge in [-0.3, -0.25) is 9.59 Å². The van der Waals surface area contributed by atoms with Gasteiger partial charge in [-0.1, -0.05) is 43.8 Å². The van der Waals surface area contributed by atoms with E-state index in [9.17, 15) is 18.4 Å². The minimum Gasteiger partial charge on any atom is -0.383 e. The summed E-state index contributed by atoms with van der Waals surface area (Å²) in [6, 6.07) is 17.9. The van der Waals surface area contributed by atoms with E-state index in [2.05, 4.69) is 15.3 Å². The van der Waals surface area contributed by atoms with E-state index >= 15 is 0 Å². The van der Waals surface area contributed by atoms with E-state index in [0.717, 1.165) is 45.3 Å². The summed E-state index contributed by atoms with van der Waals surface area (Å²) >= 11 is 0. The third-order valence-corrected chi connectivity index (χ3v) is 7.08. The number of carbonyl (C=O) groups is 2. The first-order valence-electron chi connectivity index (χ1n) is 13.1. The lowest BCUT2D eigenvalue weighted by Crippen LogP contribution is -2.42. The van der Waals surface area contributed by atoms with Gasteiger partial charge >= 0.3 is 0 Å². The highest BCUT2D eigenvalue weighted by molar-refractivity contribution is 5.92. The number of aromatic nitrogens is 3. The fourth-order valence-corrected chi connectivity index (χ4v) is 4.95. The highest BCUT2D eigenvalue weighted by Crippen LogP contribution is 2.21. The van der Waals surface area contributed by atoms with Crippen molar-refractivity contribution in [3.05, 3.63) is 102 Å². The molecule has 0 saturated carbocycles. The topological polar surface area (TPSA) is 103 Å². The molecule has 2 heterocycles. The smallest absolute Gasteiger partial charge is 0.222 e. The van der Waals surface area contributed by atoms with E-state index in [1.165, 1.54) is 6.07 Å². The molecule has 0 fully saturated rings. The van der Waals surface area contributed by atoms with Crippen LogP contribution in [0.3, 0.4) is 0 Å². The number of nitrogen functional groups attached to an aromatic ring is 1. The molecule has 41 heavy (non-hydrogen) atoms. The van der Waals surface area contributed by atoms with E-state index in [4.69, 9.17) is 5.73 Å². The molecule has 0 spiro atoms. The van der Waals surface area contributed by atoms with E-state index in [1.54, 1.807) is 6.20 Å². The summed E-state index contributed by atoms with van der Waals surface area (Å²) in [6.45, 7) is 2.27. The Balaban J connectivity index is 0.00000387. The molecule has 1 atom stereocenters. The maximum Gasteiger partial charge on any atom is 0.222 e. The van der Waals surface area contributed by atoms with Crippen molar-refractivity contribution in [3.8, 4) is 0 Å². The molecule has 0 saturated heterocycles. The number of para-hydroxylation sites is 2. The summed E-state index contributed by atoms with van der Waals surface area (Å²) in [6.07, 6.45) is 2.42. The van der Waals surface area contributed by atoms with Crippen LogP contribution in [0.1, 0.15) is 37.2 Å². The van der Waals surface area contributed by atoms with Gasteiger partial charge < -0.3 is 15.6 Å². The number of fused-ring (bicyclic) bond motifs is 2. The van der Waals surface area contributed by atoms with Crippen molar-refractivity contribution in [1.82, 2.24) is 19.9 Å². The second-order valence-electron chi connectivity index (χ2n) is 9.84. The van der Waals surface area contributed by atoms with Gasteiger partial charge in [-0.15, -0.1) is 0 Å².